The number of aromatic carboxylic acids is 1. The molecule has 104 valence electrons. The molecule has 1 aromatic carbocycles. The van der Waals surface area contributed by atoms with E-state index in [1.54, 1.807) is 23.9 Å². The van der Waals surface area contributed by atoms with Gasteiger partial charge in [0.25, 0.3) is 5.89 Å². The second kappa shape index (κ2) is 5.64. The molecule has 0 spiro atoms. The Kier molecular flexibility index (Phi) is 3.70. The second-order valence-electron chi connectivity index (χ2n) is 4.28. The van der Waals surface area contributed by atoms with Gasteiger partial charge in [0.15, 0.2) is 0 Å². The van der Waals surface area contributed by atoms with Gasteiger partial charge in [-0.2, -0.15) is 16.7 Å². The van der Waals surface area contributed by atoms with Crippen LogP contribution < -0.4 is 0 Å². The Labute approximate surface area is 119 Å². The van der Waals surface area contributed by atoms with Crippen LogP contribution in [0, 0.1) is 0 Å². The Bertz CT molecular complexity index is 622. The van der Waals surface area contributed by atoms with E-state index in [4.69, 9.17) is 14.4 Å². The third-order valence-electron chi connectivity index (χ3n) is 2.90. The van der Waals surface area contributed by atoms with Crippen LogP contribution in [0.25, 0.3) is 11.5 Å². The lowest BCUT2D eigenvalue weighted by Crippen LogP contribution is -2.16. The molecule has 2 aromatic rings. The first-order valence-electron chi connectivity index (χ1n) is 6.11. The van der Waals surface area contributed by atoms with E-state index < -0.39 is 5.97 Å². The van der Waals surface area contributed by atoms with Crippen molar-refractivity contribution >= 4 is 17.7 Å². The minimum atomic E-state index is -0.987. The molecule has 0 bridgehead atoms. The SMILES string of the molecule is O=C(O)c1cccc(-c2nc(C3CSCCO3)no2)c1. The van der Waals surface area contributed by atoms with Crippen molar-refractivity contribution in [2.24, 2.45) is 0 Å². The van der Waals surface area contributed by atoms with Crippen LogP contribution in [0.1, 0.15) is 22.3 Å². The average molecular weight is 292 g/mol. The van der Waals surface area contributed by atoms with Crippen molar-refractivity contribution in [3.05, 3.63) is 35.7 Å². The number of carbonyl (C=O) groups is 1. The van der Waals surface area contributed by atoms with Crippen molar-refractivity contribution in [2.45, 2.75) is 6.10 Å². The van der Waals surface area contributed by atoms with Gasteiger partial charge in [0, 0.05) is 17.1 Å². The van der Waals surface area contributed by atoms with Crippen LogP contribution in [0.15, 0.2) is 28.8 Å². The molecule has 7 heteroatoms. The lowest BCUT2D eigenvalue weighted by atomic mass is 10.1. The van der Waals surface area contributed by atoms with Gasteiger partial charge in [-0.15, -0.1) is 0 Å². The predicted octanol–water partition coefficient (Wildman–Crippen LogP) is 2.24. The molecule has 1 saturated heterocycles. The smallest absolute Gasteiger partial charge is 0.335 e. The highest BCUT2D eigenvalue weighted by molar-refractivity contribution is 7.99. The number of ether oxygens (including phenoxy) is 1. The molecule has 1 fully saturated rings. The Balaban J connectivity index is 1.85. The molecule has 2 heterocycles. The minimum Gasteiger partial charge on any atom is -0.478 e. The lowest BCUT2D eigenvalue weighted by Gasteiger charge is -2.18. The number of aromatic nitrogens is 2. The summed E-state index contributed by atoms with van der Waals surface area (Å²) in [5, 5.41) is 12.9. The van der Waals surface area contributed by atoms with Crippen molar-refractivity contribution in [1.29, 1.82) is 0 Å². The molecule has 1 unspecified atom stereocenters. The summed E-state index contributed by atoms with van der Waals surface area (Å²) in [5.41, 5.74) is 0.777. The molecule has 1 N–H and O–H groups in total. The number of benzene rings is 1. The topological polar surface area (TPSA) is 85.5 Å². The van der Waals surface area contributed by atoms with Gasteiger partial charge in [0.2, 0.25) is 5.82 Å². The molecule has 20 heavy (non-hydrogen) atoms. The molecule has 0 aliphatic carbocycles. The molecule has 1 aromatic heterocycles. The van der Waals surface area contributed by atoms with Crippen LogP contribution in [-0.2, 0) is 4.74 Å². The number of rotatable bonds is 3. The Hall–Kier alpha value is -1.86. The van der Waals surface area contributed by atoms with Crippen molar-refractivity contribution in [2.75, 3.05) is 18.1 Å². The van der Waals surface area contributed by atoms with E-state index in [2.05, 4.69) is 10.1 Å². The predicted molar refractivity (Wildman–Crippen MR) is 72.7 cm³/mol. The fourth-order valence-electron chi connectivity index (χ4n) is 1.91. The van der Waals surface area contributed by atoms with Crippen molar-refractivity contribution in [3.63, 3.8) is 0 Å². The monoisotopic (exact) mass is 292 g/mol. The van der Waals surface area contributed by atoms with Gasteiger partial charge in [0.05, 0.1) is 12.2 Å². The quantitative estimate of drug-likeness (QED) is 0.928. The molecular weight excluding hydrogens is 280 g/mol. The third kappa shape index (κ3) is 2.68. The van der Waals surface area contributed by atoms with Crippen LogP contribution in [-0.4, -0.2) is 39.3 Å². The van der Waals surface area contributed by atoms with Crippen LogP contribution in [0.2, 0.25) is 0 Å². The van der Waals surface area contributed by atoms with E-state index in [0.29, 0.717) is 23.9 Å². The van der Waals surface area contributed by atoms with E-state index in [-0.39, 0.29) is 11.7 Å². The van der Waals surface area contributed by atoms with Gasteiger partial charge in [-0.1, -0.05) is 11.2 Å². The Morgan fingerprint density at radius 2 is 2.35 bits per heavy atom. The fourth-order valence-corrected chi connectivity index (χ4v) is 2.75. The first-order chi connectivity index (χ1) is 9.74. The highest BCUT2D eigenvalue weighted by atomic mass is 32.2. The standard InChI is InChI=1S/C13H12N2O4S/c16-13(17)9-3-1-2-8(6-9)12-14-11(15-19-12)10-7-20-5-4-18-10/h1-3,6,10H,4-5,7H2,(H,16,17). The summed E-state index contributed by atoms with van der Waals surface area (Å²) in [6.45, 7) is 0.674. The van der Waals surface area contributed by atoms with Crippen LogP contribution in [0.3, 0.4) is 0 Å². The van der Waals surface area contributed by atoms with Gasteiger partial charge in [-0.25, -0.2) is 4.79 Å². The number of thioether (sulfide) groups is 1. The molecule has 1 aliphatic heterocycles. The average Bonchev–Trinajstić information content (AvgIpc) is 2.98. The number of carboxylic acid groups (broad SMARTS) is 1. The zero-order valence-electron chi connectivity index (χ0n) is 10.5. The zero-order valence-corrected chi connectivity index (χ0v) is 11.3. The second-order valence-corrected chi connectivity index (χ2v) is 5.43. The molecule has 1 atom stereocenters. The van der Waals surface area contributed by atoms with Crippen molar-refractivity contribution in [3.8, 4) is 11.5 Å². The first kappa shape index (κ1) is 13.1. The molecule has 0 amide bonds. The normalized spacial score (nSPS) is 18.9. The van der Waals surface area contributed by atoms with E-state index in [0.717, 1.165) is 11.5 Å². The van der Waals surface area contributed by atoms with Gasteiger partial charge >= 0.3 is 5.97 Å². The number of nitrogens with zero attached hydrogens (tertiary/aromatic N) is 2. The number of carboxylic acids is 1. The number of hydrogen-bond acceptors (Lipinski definition) is 6. The van der Waals surface area contributed by atoms with Crippen LogP contribution in [0.4, 0.5) is 0 Å². The third-order valence-corrected chi connectivity index (χ3v) is 3.90. The van der Waals surface area contributed by atoms with Crippen LogP contribution in [0.5, 0.6) is 0 Å². The molecule has 1 aliphatic rings. The Morgan fingerprint density at radius 3 is 3.10 bits per heavy atom. The summed E-state index contributed by atoms with van der Waals surface area (Å²) in [6.07, 6.45) is -0.158. The van der Waals surface area contributed by atoms with E-state index in [1.165, 1.54) is 12.1 Å². The summed E-state index contributed by atoms with van der Waals surface area (Å²) < 4.78 is 10.8. The van der Waals surface area contributed by atoms with E-state index in [1.807, 2.05) is 0 Å². The summed E-state index contributed by atoms with van der Waals surface area (Å²) in [4.78, 5) is 15.2. The fraction of sp³-hybridized carbons (Fsp3) is 0.308. The highest BCUT2D eigenvalue weighted by Gasteiger charge is 2.22. The highest BCUT2D eigenvalue weighted by Crippen LogP contribution is 2.26. The van der Waals surface area contributed by atoms with E-state index >= 15 is 0 Å². The number of hydrogen-bond donors (Lipinski definition) is 1. The van der Waals surface area contributed by atoms with Crippen molar-refractivity contribution < 1.29 is 19.2 Å². The molecular formula is C13H12N2O4S. The maximum Gasteiger partial charge on any atom is 0.335 e. The van der Waals surface area contributed by atoms with Crippen LogP contribution >= 0.6 is 11.8 Å². The van der Waals surface area contributed by atoms with Gasteiger partial charge in [-0.3, -0.25) is 0 Å². The Morgan fingerprint density at radius 1 is 1.45 bits per heavy atom. The molecule has 3 rings (SSSR count). The summed E-state index contributed by atoms with van der Waals surface area (Å²) in [7, 11) is 0. The van der Waals surface area contributed by atoms with Gasteiger partial charge in [0.1, 0.15) is 6.10 Å². The maximum atomic E-state index is 10.9. The minimum absolute atomic E-state index is 0.158. The lowest BCUT2D eigenvalue weighted by molar-refractivity contribution is 0.0676. The van der Waals surface area contributed by atoms with Crippen molar-refractivity contribution in [1.82, 2.24) is 10.1 Å². The molecule has 0 radical (unpaired) electrons. The molecule has 6 nitrogen and oxygen atoms in total. The summed E-state index contributed by atoms with van der Waals surface area (Å²) >= 11 is 1.78. The van der Waals surface area contributed by atoms with Gasteiger partial charge < -0.3 is 14.4 Å². The maximum absolute atomic E-state index is 10.9. The summed E-state index contributed by atoms with van der Waals surface area (Å²) in [5.74, 6) is 1.60. The van der Waals surface area contributed by atoms with E-state index in [9.17, 15) is 4.79 Å². The zero-order chi connectivity index (χ0) is 13.9. The summed E-state index contributed by atoms with van der Waals surface area (Å²) in [6, 6.07) is 6.41. The first-order valence-corrected chi connectivity index (χ1v) is 7.26. The van der Waals surface area contributed by atoms with Gasteiger partial charge in [-0.05, 0) is 18.2 Å². The largest absolute Gasteiger partial charge is 0.478 e. The molecule has 0 saturated carbocycles.